The molecule has 0 spiro atoms. The van der Waals surface area contributed by atoms with Gasteiger partial charge in [0.15, 0.2) is 6.78 Å². The Hall–Kier alpha value is 0.930. The molecule has 0 saturated carbocycles. The molecule has 44 valence electrons. The van der Waals surface area contributed by atoms with E-state index in [-0.39, 0.29) is 0 Å². The van der Waals surface area contributed by atoms with Crippen LogP contribution in [0.5, 0.6) is 0 Å². The topological polar surface area (TPSA) is 12.5 Å². The number of rotatable bonds is 2. The Morgan fingerprint density at radius 3 is 2.00 bits per heavy atom. The maximum atomic E-state index is 5.36. The third kappa shape index (κ3) is 3.51. The molecule has 0 bridgehead atoms. The molecule has 0 amide bonds. The van der Waals surface area contributed by atoms with Crippen LogP contribution in [0.2, 0.25) is 0 Å². The van der Waals surface area contributed by atoms with Crippen LogP contribution in [-0.4, -0.2) is 19.0 Å². The fourth-order valence-electron chi connectivity index (χ4n) is 0.0617. The minimum absolute atomic E-state index is 1.11. The zero-order valence-electron chi connectivity index (χ0n) is 4.06. The summed E-state index contributed by atoms with van der Waals surface area (Å²) < 4.78 is 0. The second-order valence-electron chi connectivity index (χ2n) is 0.862. The molecular weight excluding hydrogens is 156 g/mol. The van der Waals surface area contributed by atoms with Gasteiger partial charge in [-0.1, -0.05) is 22.5 Å². The number of nitrogens with zero attached hydrogens (tertiary/aromatic N) is 1. The highest BCUT2D eigenvalue weighted by Gasteiger charge is 2.03. The van der Waals surface area contributed by atoms with Gasteiger partial charge in [-0.25, -0.2) is 0 Å². The summed E-state index contributed by atoms with van der Waals surface area (Å²) in [6.45, 7) is -1.11. The summed E-state index contributed by atoms with van der Waals surface area (Å²) in [5.74, 6) is 0. The van der Waals surface area contributed by atoms with Crippen molar-refractivity contribution in [3.05, 3.63) is 0 Å². The molecule has 0 rings (SSSR count). The summed E-state index contributed by atoms with van der Waals surface area (Å²) in [5.41, 5.74) is 0. The molecule has 0 aromatic heterocycles. The first-order valence-corrected chi connectivity index (χ1v) is 4.68. The Morgan fingerprint density at radius 1 is 1.57 bits per heavy atom. The minimum Gasteiger partial charge on any atom is -0.297 e. The monoisotopic (exact) mass is 161 g/mol. The number of hydrogen-bond donors (Lipinski definition) is 0. The van der Waals surface area contributed by atoms with Crippen LogP contribution in [-0.2, 0) is 4.84 Å². The van der Waals surface area contributed by atoms with Crippen LogP contribution in [0.3, 0.4) is 0 Å². The van der Waals surface area contributed by atoms with Gasteiger partial charge in [0.25, 0.3) is 0 Å². The second-order valence-corrected chi connectivity index (χ2v) is 4.30. The van der Waals surface area contributed by atoms with Crippen LogP contribution in [0.1, 0.15) is 0 Å². The second kappa shape index (κ2) is 3.88. The molecule has 5 heteroatoms. The Bertz CT molecular complexity index is 53.0. The van der Waals surface area contributed by atoms with E-state index in [1.54, 1.807) is 7.05 Å². The predicted molar refractivity (Wildman–Crippen MR) is 33.4 cm³/mol. The Labute approximate surface area is 53.7 Å². The average molecular weight is 162 g/mol. The average Bonchev–Trinajstić information content (AvgIpc) is 1.65. The molecule has 0 N–H and O–H groups in total. The van der Waals surface area contributed by atoms with Crippen LogP contribution >= 0.6 is 29.3 Å². The molecule has 0 aromatic rings. The molecule has 0 aliphatic rings. The lowest BCUT2D eigenvalue weighted by molar-refractivity contribution is -0.0183. The molecular formula is C2H6Cl2NOP. The first-order chi connectivity index (χ1) is 3.18. The summed E-state index contributed by atoms with van der Waals surface area (Å²) in [6.07, 6.45) is 0. The maximum absolute atomic E-state index is 5.36. The summed E-state index contributed by atoms with van der Waals surface area (Å²) in [4.78, 5) is 6.00. The predicted octanol–water partition coefficient (Wildman–Crippen LogP) is 2.18. The molecule has 0 aliphatic heterocycles. The highest BCUT2D eigenvalue weighted by molar-refractivity contribution is 8.02. The normalized spacial score (nSPS) is 11.1. The van der Waals surface area contributed by atoms with Crippen molar-refractivity contribution in [1.82, 2.24) is 4.83 Å². The first-order valence-electron chi connectivity index (χ1n) is 1.58. The van der Waals surface area contributed by atoms with Gasteiger partial charge in [-0.3, -0.25) is 4.84 Å². The SMILES string of the molecule is CON(C)P(Cl)Cl. The van der Waals surface area contributed by atoms with E-state index in [0.717, 1.165) is 0 Å². The fraction of sp³-hybridized carbons (Fsp3) is 1.00. The van der Waals surface area contributed by atoms with Gasteiger partial charge in [0.05, 0.1) is 7.11 Å². The highest BCUT2D eigenvalue weighted by atomic mass is 35.9. The van der Waals surface area contributed by atoms with Crippen molar-refractivity contribution in [3.63, 3.8) is 0 Å². The molecule has 2 nitrogen and oxygen atoms in total. The Kier molecular flexibility index (Phi) is 4.39. The lowest BCUT2D eigenvalue weighted by Gasteiger charge is -2.11. The van der Waals surface area contributed by atoms with Crippen molar-refractivity contribution < 1.29 is 4.84 Å². The van der Waals surface area contributed by atoms with Gasteiger partial charge in [0.2, 0.25) is 0 Å². The largest absolute Gasteiger partial charge is 0.297 e. The quantitative estimate of drug-likeness (QED) is 0.455. The molecule has 0 radical (unpaired) electrons. The number of hydroxylamine groups is 1. The molecule has 0 unspecified atom stereocenters. The maximum Gasteiger partial charge on any atom is 0.183 e. The first kappa shape index (κ1) is 7.93. The lowest BCUT2D eigenvalue weighted by Crippen LogP contribution is -2.03. The molecule has 0 atom stereocenters. The smallest absolute Gasteiger partial charge is 0.183 e. The fourth-order valence-corrected chi connectivity index (χ4v) is 0.555. The van der Waals surface area contributed by atoms with Gasteiger partial charge in [-0.2, -0.15) is 0 Å². The van der Waals surface area contributed by atoms with Crippen molar-refractivity contribution in [2.75, 3.05) is 14.2 Å². The van der Waals surface area contributed by atoms with Gasteiger partial charge in [-0.15, -0.1) is 4.83 Å². The standard InChI is InChI=1S/C2H6Cl2NOP/c1-5(6-2)7(3)4/h1-2H3. The number of hydrogen-bond acceptors (Lipinski definition) is 2. The number of halogens is 2. The van der Waals surface area contributed by atoms with E-state index < -0.39 is 6.78 Å². The molecule has 0 heterocycles. The van der Waals surface area contributed by atoms with E-state index in [1.165, 1.54) is 11.9 Å². The van der Waals surface area contributed by atoms with Crippen molar-refractivity contribution in [1.29, 1.82) is 0 Å². The summed E-state index contributed by atoms with van der Waals surface area (Å²) in [5, 5.41) is 0. The Balaban J connectivity index is 3.14. The lowest BCUT2D eigenvalue weighted by atomic mass is 11.5. The van der Waals surface area contributed by atoms with Crippen molar-refractivity contribution in [2.45, 2.75) is 0 Å². The van der Waals surface area contributed by atoms with Gasteiger partial charge in [0, 0.05) is 7.05 Å². The van der Waals surface area contributed by atoms with Crippen LogP contribution in [0.25, 0.3) is 0 Å². The third-order valence-corrected chi connectivity index (χ3v) is 2.34. The van der Waals surface area contributed by atoms with Crippen LogP contribution in [0, 0.1) is 0 Å². The zero-order chi connectivity index (χ0) is 5.86. The molecule has 0 aromatic carbocycles. The summed E-state index contributed by atoms with van der Waals surface area (Å²) >= 11 is 10.7. The van der Waals surface area contributed by atoms with E-state index in [4.69, 9.17) is 22.5 Å². The van der Waals surface area contributed by atoms with Gasteiger partial charge >= 0.3 is 0 Å². The third-order valence-electron chi connectivity index (χ3n) is 0.477. The van der Waals surface area contributed by atoms with E-state index in [9.17, 15) is 0 Å². The van der Waals surface area contributed by atoms with Crippen LogP contribution in [0.15, 0.2) is 0 Å². The van der Waals surface area contributed by atoms with E-state index >= 15 is 0 Å². The molecule has 0 saturated heterocycles. The van der Waals surface area contributed by atoms with Gasteiger partial charge in [0.1, 0.15) is 0 Å². The van der Waals surface area contributed by atoms with E-state index in [1.807, 2.05) is 0 Å². The van der Waals surface area contributed by atoms with Crippen molar-refractivity contribution in [2.24, 2.45) is 0 Å². The van der Waals surface area contributed by atoms with Crippen molar-refractivity contribution >= 4 is 29.3 Å². The van der Waals surface area contributed by atoms with Crippen molar-refractivity contribution in [3.8, 4) is 0 Å². The zero-order valence-corrected chi connectivity index (χ0v) is 6.46. The van der Waals surface area contributed by atoms with Gasteiger partial charge < -0.3 is 0 Å². The van der Waals surface area contributed by atoms with Gasteiger partial charge in [-0.05, 0) is 0 Å². The summed E-state index contributed by atoms with van der Waals surface area (Å²) in [7, 11) is 3.19. The van der Waals surface area contributed by atoms with E-state index in [2.05, 4.69) is 4.84 Å². The summed E-state index contributed by atoms with van der Waals surface area (Å²) in [6, 6.07) is 0. The molecule has 7 heavy (non-hydrogen) atoms. The van der Waals surface area contributed by atoms with Crippen LogP contribution < -0.4 is 0 Å². The van der Waals surface area contributed by atoms with Crippen LogP contribution in [0.4, 0.5) is 0 Å². The highest BCUT2D eigenvalue weighted by Crippen LogP contribution is 2.49. The Morgan fingerprint density at radius 2 is 2.00 bits per heavy atom. The molecule has 0 fully saturated rings. The van der Waals surface area contributed by atoms with E-state index in [0.29, 0.717) is 0 Å². The minimum atomic E-state index is -1.11. The molecule has 0 aliphatic carbocycles.